The van der Waals surface area contributed by atoms with Gasteiger partial charge in [-0.25, -0.2) is 0 Å². The normalized spacial score (nSPS) is 14.4. The van der Waals surface area contributed by atoms with E-state index in [1.807, 2.05) is 13.1 Å². The molecule has 20 heavy (non-hydrogen) atoms. The lowest BCUT2D eigenvalue weighted by Gasteiger charge is -2.11. The Kier molecular flexibility index (Phi) is 7.28. The first-order valence-corrected chi connectivity index (χ1v) is 7.84. The maximum Gasteiger partial charge on any atom is 0.0403 e. The monoisotopic (exact) mass is 271 g/mol. The van der Waals surface area contributed by atoms with Crippen LogP contribution in [0.4, 0.5) is 0 Å². The van der Waals surface area contributed by atoms with Crippen molar-refractivity contribution < 1.29 is 0 Å². The summed E-state index contributed by atoms with van der Waals surface area (Å²) in [5, 5.41) is 0. The van der Waals surface area contributed by atoms with Crippen LogP contribution in [0.2, 0.25) is 0 Å². The van der Waals surface area contributed by atoms with Crippen LogP contribution >= 0.6 is 0 Å². The molecule has 0 spiro atoms. The van der Waals surface area contributed by atoms with Crippen LogP contribution < -0.4 is 0 Å². The molecule has 0 aliphatic carbocycles. The van der Waals surface area contributed by atoms with Crippen molar-refractivity contribution in [2.45, 2.75) is 60.3 Å². The molecular formula is C19H29N. The van der Waals surface area contributed by atoms with Crippen LogP contribution in [-0.4, -0.2) is 6.21 Å². The molecule has 0 heterocycles. The lowest BCUT2D eigenvalue weighted by Crippen LogP contribution is -1.99. The fraction of sp³-hybridized carbons (Fsp3) is 0.526. The Morgan fingerprint density at radius 2 is 1.85 bits per heavy atom. The van der Waals surface area contributed by atoms with Gasteiger partial charge in [-0.3, -0.25) is 4.99 Å². The summed E-state index contributed by atoms with van der Waals surface area (Å²) >= 11 is 0. The van der Waals surface area contributed by atoms with E-state index in [2.05, 4.69) is 57.0 Å². The van der Waals surface area contributed by atoms with Crippen molar-refractivity contribution in [2.24, 2.45) is 10.9 Å². The summed E-state index contributed by atoms with van der Waals surface area (Å²) in [6.07, 6.45) is 7.01. The molecule has 0 radical (unpaired) electrons. The number of unbranched alkanes of at least 4 members (excludes halogenated alkanes) is 1. The largest absolute Gasteiger partial charge is 0.266 e. The van der Waals surface area contributed by atoms with E-state index in [4.69, 9.17) is 0 Å². The Hall–Kier alpha value is -1.37. The summed E-state index contributed by atoms with van der Waals surface area (Å²) in [6, 6.07) is 8.99. The molecule has 0 saturated carbocycles. The van der Waals surface area contributed by atoms with Gasteiger partial charge < -0.3 is 0 Å². The molecule has 1 rings (SSSR count). The van der Waals surface area contributed by atoms with Crippen LogP contribution in [0.5, 0.6) is 0 Å². The van der Waals surface area contributed by atoms with Crippen LogP contribution in [0, 0.1) is 5.92 Å². The molecule has 0 amide bonds. The Bertz CT molecular complexity index is 451. The van der Waals surface area contributed by atoms with Gasteiger partial charge in [0.25, 0.3) is 0 Å². The van der Waals surface area contributed by atoms with Crippen LogP contribution in [0.15, 0.2) is 35.0 Å². The van der Waals surface area contributed by atoms with Gasteiger partial charge in [0.2, 0.25) is 0 Å². The summed E-state index contributed by atoms with van der Waals surface area (Å²) in [6.45, 7) is 10.8. The molecule has 110 valence electrons. The smallest absolute Gasteiger partial charge is 0.0403 e. The first-order chi connectivity index (χ1) is 9.58. The second-order valence-electron chi connectivity index (χ2n) is 5.75. The molecule has 1 atom stereocenters. The number of nitrogens with zero attached hydrogens (tertiary/aromatic N) is 1. The van der Waals surface area contributed by atoms with E-state index in [0.29, 0.717) is 0 Å². The van der Waals surface area contributed by atoms with E-state index in [-0.39, 0.29) is 0 Å². The second-order valence-corrected chi connectivity index (χ2v) is 5.75. The highest BCUT2D eigenvalue weighted by atomic mass is 14.7. The fourth-order valence-electron chi connectivity index (χ4n) is 2.45. The van der Waals surface area contributed by atoms with Crippen molar-refractivity contribution in [3.8, 4) is 0 Å². The Balaban J connectivity index is 2.71. The van der Waals surface area contributed by atoms with Gasteiger partial charge in [-0.05, 0) is 49.8 Å². The summed E-state index contributed by atoms with van der Waals surface area (Å²) in [7, 11) is 0. The number of aliphatic imine (C=N–C) groups is 1. The maximum atomic E-state index is 4.36. The minimum absolute atomic E-state index is 0.781. The standard InChI is InChI=1S/C19H29N/c1-6-8-9-15(3)14-18-10-12-19(13-11-18)16(4)17(5)20-7-2/h7,10-13,15H,6,8-9,14H2,1-5H3/b17-16+,20-7?. The minimum atomic E-state index is 0.781. The Labute approximate surface area is 124 Å². The van der Waals surface area contributed by atoms with E-state index in [9.17, 15) is 0 Å². The van der Waals surface area contributed by atoms with E-state index in [0.717, 1.165) is 11.6 Å². The number of hydrogen-bond acceptors (Lipinski definition) is 1. The molecule has 1 aromatic rings. The van der Waals surface area contributed by atoms with Crippen LogP contribution in [0.25, 0.3) is 5.57 Å². The third-order valence-electron chi connectivity index (χ3n) is 3.89. The summed E-state index contributed by atoms with van der Waals surface area (Å²) in [5.74, 6) is 0.781. The van der Waals surface area contributed by atoms with Crippen LogP contribution in [-0.2, 0) is 6.42 Å². The summed E-state index contributed by atoms with van der Waals surface area (Å²) < 4.78 is 0. The molecule has 0 bridgehead atoms. The number of rotatable bonds is 7. The van der Waals surface area contributed by atoms with E-state index in [1.165, 1.54) is 42.4 Å². The highest BCUT2D eigenvalue weighted by Crippen LogP contribution is 2.21. The second kappa shape index (κ2) is 8.73. The van der Waals surface area contributed by atoms with Gasteiger partial charge >= 0.3 is 0 Å². The summed E-state index contributed by atoms with van der Waals surface area (Å²) in [4.78, 5) is 4.36. The zero-order valence-electron chi connectivity index (χ0n) is 13.7. The van der Waals surface area contributed by atoms with Crippen LogP contribution in [0.3, 0.4) is 0 Å². The molecule has 0 aliphatic heterocycles. The van der Waals surface area contributed by atoms with Gasteiger partial charge in [0.1, 0.15) is 0 Å². The maximum absolute atomic E-state index is 4.36. The van der Waals surface area contributed by atoms with Crippen molar-refractivity contribution in [1.29, 1.82) is 0 Å². The molecule has 0 aromatic heterocycles. The van der Waals surface area contributed by atoms with Crippen molar-refractivity contribution in [3.05, 3.63) is 41.1 Å². The van der Waals surface area contributed by atoms with Gasteiger partial charge in [-0.1, -0.05) is 57.4 Å². The molecule has 1 unspecified atom stereocenters. The highest BCUT2D eigenvalue weighted by Gasteiger charge is 2.04. The van der Waals surface area contributed by atoms with Crippen LogP contribution in [0.1, 0.15) is 65.0 Å². The van der Waals surface area contributed by atoms with E-state index >= 15 is 0 Å². The minimum Gasteiger partial charge on any atom is -0.266 e. The highest BCUT2D eigenvalue weighted by molar-refractivity contribution is 5.69. The summed E-state index contributed by atoms with van der Waals surface area (Å²) in [5.41, 5.74) is 5.07. The van der Waals surface area contributed by atoms with Gasteiger partial charge in [-0.15, -0.1) is 0 Å². The van der Waals surface area contributed by atoms with Gasteiger partial charge in [0.15, 0.2) is 0 Å². The number of hydrogen-bond donors (Lipinski definition) is 0. The molecular weight excluding hydrogens is 242 g/mol. The Morgan fingerprint density at radius 3 is 2.40 bits per heavy atom. The number of allylic oxidation sites excluding steroid dienone is 2. The predicted molar refractivity (Wildman–Crippen MR) is 91.3 cm³/mol. The molecule has 1 nitrogen and oxygen atoms in total. The third-order valence-corrected chi connectivity index (χ3v) is 3.89. The molecule has 1 aromatic carbocycles. The van der Waals surface area contributed by atoms with Gasteiger partial charge in [0.05, 0.1) is 0 Å². The van der Waals surface area contributed by atoms with Crippen molar-refractivity contribution in [2.75, 3.05) is 0 Å². The SMILES string of the molecule is CC=N/C(C)=C(\C)c1ccc(CC(C)CCCC)cc1. The average molecular weight is 271 g/mol. The lowest BCUT2D eigenvalue weighted by molar-refractivity contribution is 0.503. The third kappa shape index (κ3) is 5.32. The Morgan fingerprint density at radius 1 is 1.20 bits per heavy atom. The number of benzene rings is 1. The molecule has 0 saturated heterocycles. The molecule has 0 fully saturated rings. The van der Waals surface area contributed by atoms with Gasteiger partial charge in [0, 0.05) is 11.9 Å². The predicted octanol–water partition coefficient (Wildman–Crippen LogP) is 5.90. The first kappa shape index (κ1) is 16.7. The topological polar surface area (TPSA) is 12.4 Å². The van der Waals surface area contributed by atoms with Gasteiger partial charge in [-0.2, -0.15) is 0 Å². The zero-order chi connectivity index (χ0) is 15.0. The molecule has 0 N–H and O–H groups in total. The zero-order valence-corrected chi connectivity index (χ0v) is 13.7. The first-order valence-electron chi connectivity index (χ1n) is 7.84. The van der Waals surface area contributed by atoms with E-state index < -0.39 is 0 Å². The molecule has 1 heteroatoms. The quantitative estimate of drug-likeness (QED) is 0.548. The van der Waals surface area contributed by atoms with Crippen molar-refractivity contribution in [3.63, 3.8) is 0 Å². The average Bonchev–Trinajstić information content (AvgIpc) is 2.45. The van der Waals surface area contributed by atoms with Crippen molar-refractivity contribution in [1.82, 2.24) is 0 Å². The lowest BCUT2D eigenvalue weighted by atomic mass is 9.94. The van der Waals surface area contributed by atoms with Crippen molar-refractivity contribution >= 4 is 11.8 Å². The van der Waals surface area contributed by atoms with E-state index in [1.54, 1.807) is 0 Å². The molecule has 0 aliphatic rings. The fourth-order valence-corrected chi connectivity index (χ4v) is 2.45.